The maximum absolute atomic E-state index is 11.6. The number of likely N-dealkylation sites (N-methyl/N-ethyl adjacent to an activating group) is 1. The Morgan fingerprint density at radius 2 is 2.29 bits per heavy atom. The minimum atomic E-state index is 0.0746. The highest BCUT2D eigenvalue weighted by Gasteiger charge is 2.23. The number of aromatic nitrogens is 1. The van der Waals surface area contributed by atoms with E-state index in [1.807, 2.05) is 46.9 Å². The van der Waals surface area contributed by atoms with Crippen molar-refractivity contribution in [2.24, 2.45) is 0 Å². The fraction of sp³-hybridized carbons (Fsp3) is 0.333. The third-order valence-corrected chi connectivity index (χ3v) is 3.11. The van der Waals surface area contributed by atoms with Crippen molar-refractivity contribution in [3.8, 4) is 0 Å². The number of carbonyl (C=O) groups excluding carboxylic acids is 1. The predicted octanol–water partition coefficient (Wildman–Crippen LogP) is 1.21. The molecule has 1 amide bonds. The number of hydrogen-bond acceptors (Lipinski definition) is 3. The predicted molar refractivity (Wildman–Crippen MR) is 62.1 cm³/mol. The van der Waals surface area contributed by atoms with Crippen molar-refractivity contribution in [2.75, 3.05) is 16.7 Å². The van der Waals surface area contributed by atoms with Gasteiger partial charge in [0.15, 0.2) is 0 Å². The molecule has 4 nitrogen and oxygen atoms in total. The van der Waals surface area contributed by atoms with Gasteiger partial charge in [0, 0.05) is 18.3 Å². The molecule has 0 saturated carbocycles. The van der Waals surface area contributed by atoms with Crippen LogP contribution in [0.1, 0.15) is 5.56 Å². The highest BCUT2D eigenvalue weighted by molar-refractivity contribution is 14.1. The average Bonchev–Trinajstić information content (AvgIpc) is 2.26. The monoisotopic (exact) mass is 303 g/mol. The molecule has 0 spiro atoms. The third kappa shape index (κ3) is 1.74. The first-order chi connectivity index (χ1) is 6.68. The first-order valence-corrected chi connectivity index (χ1v) is 5.26. The Bertz CT molecular complexity index is 369. The average molecular weight is 303 g/mol. The lowest BCUT2D eigenvalue weighted by Crippen LogP contribution is -2.29. The number of fused-ring (bicyclic) bond motifs is 1. The Balaban J connectivity index is 2.46. The molecule has 1 aliphatic rings. The smallest absolute Gasteiger partial charge is 0.251 e. The van der Waals surface area contributed by atoms with E-state index in [4.69, 9.17) is 0 Å². The van der Waals surface area contributed by atoms with Crippen LogP contribution in [0.3, 0.4) is 0 Å². The molecule has 0 radical (unpaired) electrons. The van der Waals surface area contributed by atoms with Gasteiger partial charge in [0.05, 0.1) is 29.4 Å². The SMILES string of the molecule is CN1CC(=O)N(I)c2ncccc2C1. The Morgan fingerprint density at radius 1 is 1.50 bits per heavy atom. The Labute approximate surface area is 96.4 Å². The summed E-state index contributed by atoms with van der Waals surface area (Å²) >= 11 is 2.00. The maximum atomic E-state index is 11.6. The molecule has 0 saturated heterocycles. The van der Waals surface area contributed by atoms with Crippen LogP contribution in [0, 0.1) is 0 Å². The van der Waals surface area contributed by atoms with E-state index in [1.54, 1.807) is 9.31 Å². The molecule has 5 heteroatoms. The van der Waals surface area contributed by atoms with E-state index in [1.165, 1.54) is 0 Å². The molecule has 0 bridgehead atoms. The van der Waals surface area contributed by atoms with Crippen LogP contribution in [0.15, 0.2) is 18.3 Å². The summed E-state index contributed by atoms with van der Waals surface area (Å²) in [5.41, 5.74) is 1.09. The highest BCUT2D eigenvalue weighted by Crippen LogP contribution is 2.24. The number of halogens is 1. The summed E-state index contributed by atoms with van der Waals surface area (Å²) in [6.07, 6.45) is 1.71. The Morgan fingerprint density at radius 3 is 3.07 bits per heavy atom. The van der Waals surface area contributed by atoms with E-state index in [2.05, 4.69) is 4.98 Å². The van der Waals surface area contributed by atoms with E-state index in [0.29, 0.717) is 6.54 Å². The van der Waals surface area contributed by atoms with Crippen LogP contribution in [-0.2, 0) is 11.3 Å². The van der Waals surface area contributed by atoms with Gasteiger partial charge < -0.3 is 0 Å². The van der Waals surface area contributed by atoms with E-state index in [9.17, 15) is 4.79 Å². The highest BCUT2D eigenvalue weighted by atomic mass is 127. The van der Waals surface area contributed by atoms with Crippen LogP contribution in [-0.4, -0.2) is 29.4 Å². The number of amides is 1. The van der Waals surface area contributed by atoms with Crippen molar-refractivity contribution in [1.82, 2.24) is 9.88 Å². The number of pyridine rings is 1. The summed E-state index contributed by atoms with van der Waals surface area (Å²) in [6.45, 7) is 1.22. The summed E-state index contributed by atoms with van der Waals surface area (Å²) < 4.78 is 1.59. The maximum Gasteiger partial charge on any atom is 0.251 e. The first kappa shape index (κ1) is 9.85. The molecule has 1 aromatic heterocycles. The molecule has 2 rings (SSSR count). The molecule has 1 aliphatic heterocycles. The molecular formula is C9H10IN3O. The molecule has 0 atom stereocenters. The number of hydrogen-bond donors (Lipinski definition) is 0. The number of carbonyl (C=O) groups is 1. The zero-order valence-corrected chi connectivity index (χ0v) is 9.93. The molecule has 0 aromatic carbocycles. The zero-order chi connectivity index (χ0) is 10.1. The van der Waals surface area contributed by atoms with Gasteiger partial charge in [-0.05, 0) is 13.1 Å². The van der Waals surface area contributed by atoms with Gasteiger partial charge in [0.25, 0.3) is 5.91 Å². The van der Waals surface area contributed by atoms with Crippen LogP contribution >= 0.6 is 22.9 Å². The molecule has 0 aliphatic carbocycles. The van der Waals surface area contributed by atoms with E-state index in [-0.39, 0.29) is 5.91 Å². The van der Waals surface area contributed by atoms with Crippen LogP contribution in [0.4, 0.5) is 5.82 Å². The van der Waals surface area contributed by atoms with Gasteiger partial charge in [-0.15, -0.1) is 0 Å². The van der Waals surface area contributed by atoms with Crippen LogP contribution in [0.2, 0.25) is 0 Å². The fourth-order valence-electron chi connectivity index (χ4n) is 1.49. The summed E-state index contributed by atoms with van der Waals surface area (Å²) in [7, 11) is 1.94. The standard InChI is InChI=1S/C9H10IN3O/c1-12-5-7-3-2-4-11-9(7)13(10)8(14)6-12/h2-4H,5-6H2,1H3. The molecule has 14 heavy (non-hydrogen) atoms. The van der Waals surface area contributed by atoms with Crippen molar-refractivity contribution in [2.45, 2.75) is 6.54 Å². The fourth-order valence-corrected chi connectivity index (χ4v) is 2.08. The Kier molecular flexibility index (Phi) is 2.69. The van der Waals surface area contributed by atoms with E-state index >= 15 is 0 Å². The largest absolute Gasteiger partial charge is 0.293 e. The lowest BCUT2D eigenvalue weighted by atomic mass is 10.2. The molecule has 74 valence electrons. The number of nitrogens with zero attached hydrogens (tertiary/aromatic N) is 3. The lowest BCUT2D eigenvalue weighted by Gasteiger charge is -2.12. The summed E-state index contributed by atoms with van der Waals surface area (Å²) in [4.78, 5) is 17.8. The topological polar surface area (TPSA) is 36.4 Å². The van der Waals surface area contributed by atoms with Gasteiger partial charge in [-0.2, -0.15) is 0 Å². The molecule has 0 unspecified atom stereocenters. The summed E-state index contributed by atoms with van der Waals surface area (Å²) in [5.74, 6) is 0.841. The van der Waals surface area contributed by atoms with E-state index < -0.39 is 0 Å². The zero-order valence-electron chi connectivity index (χ0n) is 7.77. The Hall–Kier alpha value is -0.690. The van der Waals surface area contributed by atoms with Crippen LogP contribution < -0.4 is 3.11 Å². The van der Waals surface area contributed by atoms with Crippen molar-refractivity contribution >= 4 is 34.6 Å². The summed E-state index contributed by atoms with van der Waals surface area (Å²) in [5, 5.41) is 0. The lowest BCUT2D eigenvalue weighted by molar-refractivity contribution is -0.117. The second kappa shape index (κ2) is 3.82. The van der Waals surface area contributed by atoms with Gasteiger partial charge in [-0.25, -0.2) is 8.10 Å². The molecule has 0 N–H and O–H groups in total. The molecule has 2 heterocycles. The third-order valence-electron chi connectivity index (χ3n) is 2.12. The van der Waals surface area contributed by atoms with Crippen molar-refractivity contribution in [3.05, 3.63) is 23.9 Å². The first-order valence-electron chi connectivity index (χ1n) is 4.29. The minimum absolute atomic E-state index is 0.0746. The van der Waals surface area contributed by atoms with E-state index in [0.717, 1.165) is 17.9 Å². The molecular weight excluding hydrogens is 293 g/mol. The van der Waals surface area contributed by atoms with Gasteiger partial charge in [-0.1, -0.05) is 6.07 Å². The molecule has 1 aromatic rings. The quantitative estimate of drug-likeness (QED) is 0.534. The van der Waals surface area contributed by atoms with Gasteiger partial charge in [0.1, 0.15) is 5.82 Å². The van der Waals surface area contributed by atoms with Crippen LogP contribution in [0.5, 0.6) is 0 Å². The number of rotatable bonds is 0. The normalized spacial score (nSPS) is 17.9. The number of anilines is 1. The van der Waals surface area contributed by atoms with Gasteiger partial charge in [0.2, 0.25) is 0 Å². The summed E-state index contributed by atoms with van der Waals surface area (Å²) in [6, 6.07) is 3.90. The molecule has 0 fully saturated rings. The second-order valence-corrected chi connectivity index (χ2v) is 4.30. The van der Waals surface area contributed by atoms with Gasteiger partial charge in [-0.3, -0.25) is 9.69 Å². The van der Waals surface area contributed by atoms with Crippen molar-refractivity contribution in [1.29, 1.82) is 0 Å². The van der Waals surface area contributed by atoms with Crippen LogP contribution in [0.25, 0.3) is 0 Å². The second-order valence-electron chi connectivity index (χ2n) is 3.33. The van der Waals surface area contributed by atoms with Crippen molar-refractivity contribution < 1.29 is 4.79 Å². The minimum Gasteiger partial charge on any atom is -0.293 e. The van der Waals surface area contributed by atoms with Gasteiger partial charge >= 0.3 is 0 Å². The van der Waals surface area contributed by atoms with Crippen molar-refractivity contribution in [3.63, 3.8) is 0 Å².